The van der Waals surface area contributed by atoms with Crippen LogP contribution in [0.1, 0.15) is 12.5 Å². The largest absolute Gasteiger partial charge is 0.493 e. The second kappa shape index (κ2) is 7.61. The Morgan fingerprint density at radius 3 is 2.33 bits per heavy atom. The molecular formula is C13H21BrNO3+. The predicted octanol–water partition coefficient (Wildman–Crippen LogP) is 1.56. The Morgan fingerprint density at radius 1 is 1.17 bits per heavy atom. The zero-order valence-corrected chi connectivity index (χ0v) is 12.9. The summed E-state index contributed by atoms with van der Waals surface area (Å²) in [7, 11) is 5.00. The first-order valence-electron chi connectivity index (χ1n) is 5.85. The van der Waals surface area contributed by atoms with E-state index in [9.17, 15) is 0 Å². The molecule has 0 aromatic heterocycles. The van der Waals surface area contributed by atoms with Gasteiger partial charge in [0, 0.05) is 17.1 Å². The van der Waals surface area contributed by atoms with Crippen LogP contribution < -0.4 is 14.8 Å². The average molecular weight is 319 g/mol. The fourth-order valence-corrected chi connectivity index (χ4v) is 2.20. The maximum atomic E-state index is 5.30. The summed E-state index contributed by atoms with van der Waals surface area (Å²) in [5.74, 6) is 1.49. The maximum Gasteiger partial charge on any atom is 0.161 e. The molecule has 0 radical (unpaired) electrons. The summed E-state index contributed by atoms with van der Waals surface area (Å²) in [6.07, 6.45) is 0. The van der Waals surface area contributed by atoms with Crippen molar-refractivity contribution in [3.8, 4) is 11.5 Å². The van der Waals surface area contributed by atoms with Crippen LogP contribution >= 0.6 is 15.9 Å². The number of quaternary nitrogens is 1. The molecule has 1 aromatic carbocycles. The summed E-state index contributed by atoms with van der Waals surface area (Å²) < 4.78 is 16.7. The van der Waals surface area contributed by atoms with Crippen molar-refractivity contribution in [1.29, 1.82) is 0 Å². The number of nitrogens with two attached hydrogens (primary N) is 1. The van der Waals surface area contributed by atoms with Gasteiger partial charge in [-0.3, -0.25) is 0 Å². The van der Waals surface area contributed by atoms with E-state index in [2.05, 4.69) is 28.2 Å². The summed E-state index contributed by atoms with van der Waals surface area (Å²) in [5.41, 5.74) is 1.18. The summed E-state index contributed by atoms with van der Waals surface area (Å²) in [6, 6.07) is 4.36. The minimum Gasteiger partial charge on any atom is -0.493 e. The van der Waals surface area contributed by atoms with Crippen LogP contribution in [0.5, 0.6) is 11.5 Å². The molecular weight excluding hydrogens is 298 g/mol. The first-order chi connectivity index (χ1) is 8.62. The van der Waals surface area contributed by atoms with E-state index in [0.717, 1.165) is 29.1 Å². The van der Waals surface area contributed by atoms with E-state index < -0.39 is 0 Å². The fourth-order valence-electron chi connectivity index (χ4n) is 1.71. The molecule has 102 valence electrons. The molecule has 1 unspecified atom stereocenters. The van der Waals surface area contributed by atoms with Crippen molar-refractivity contribution in [3.05, 3.63) is 22.2 Å². The van der Waals surface area contributed by atoms with Gasteiger partial charge in [0.15, 0.2) is 11.5 Å². The van der Waals surface area contributed by atoms with E-state index in [-0.39, 0.29) is 0 Å². The molecule has 0 aliphatic carbocycles. The number of hydrogen-bond donors (Lipinski definition) is 1. The Morgan fingerprint density at radius 2 is 1.78 bits per heavy atom. The SMILES string of the molecule is COCC(C)[NH2+]Cc1cc(OC)c(OC)cc1Br. The number of rotatable bonds is 7. The van der Waals surface area contributed by atoms with Gasteiger partial charge in [0.2, 0.25) is 0 Å². The van der Waals surface area contributed by atoms with Gasteiger partial charge in [0.1, 0.15) is 12.6 Å². The number of ether oxygens (including phenoxy) is 3. The topological polar surface area (TPSA) is 44.3 Å². The standard InChI is InChI=1S/C13H20BrNO3/c1-9(8-16-2)15-7-10-5-12(17-3)13(18-4)6-11(10)14/h5-6,9,15H,7-8H2,1-4H3/p+1. The third-order valence-corrected chi connectivity index (χ3v) is 3.46. The molecule has 1 aromatic rings. The maximum absolute atomic E-state index is 5.30. The molecule has 0 saturated heterocycles. The zero-order chi connectivity index (χ0) is 13.5. The highest BCUT2D eigenvalue weighted by Crippen LogP contribution is 2.32. The van der Waals surface area contributed by atoms with Crippen LogP contribution in [-0.2, 0) is 11.3 Å². The Balaban J connectivity index is 2.76. The third kappa shape index (κ3) is 4.15. The highest BCUT2D eigenvalue weighted by molar-refractivity contribution is 9.10. The van der Waals surface area contributed by atoms with Gasteiger partial charge in [-0.15, -0.1) is 0 Å². The normalized spacial score (nSPS) is 12.3. The van der Waals surface area contributed by atoms with Gasteiger partial charge in [-0.25, -0.2) is 0 Å². The lowest BCUT2D eigenvalue weighted by molar-refractivity contribution is -0.702. The molecule has 0 spiro atoms. The summed E-state index contributed by atoms with van der Waals surface area (Å²) in [4.78, 5) is 0. The van der Waals surface area contributed by atoms with E-state index in [1.807, 2.05) is 12.1 Å². The third-order valence-electron chi connectivity index (χ3n) is 2.72. The zero-order valence-electron chi connectivity index (χ0n) is 11.3. The molecule has 0 amide bonds. The molecule has 1 atom stereocenters. The van der Waals surface area contributed by atoms with E-state index in [0.29, 0.717) is 6.04 Å². The van der Waals surface area contributed by atoms with Crippen LogP contribution in [0.2, 0.25) is 0 Å². The molecule has 0 saturated carbocycles. The number of halogens is 1. The second-order valence-electron chi connectivity index (χ2n) is 4.17. The van der Waals surface area contributed by atoms with E-state index >= 15 is 0 Å². The van der Waals surface area contributed by atoms with Gasteiger partial charge >= 0.3 is 0 Å². The Kier molecular flexibility index (Phi) is 6.46. The molecule has 2 N–H and O–H groups in total. The van der Waals surface area contributed by atoms with E-state index in [1.165, 1.54) is 5.56 Å². The molecule has 0 aliphatic heterocycles. The molecule has 5 heteroatoms. The van der Waals surface area contributed by atoms with Gasteiger partial charge in [0.25, 0.3) is 0 Å². The Hall–Kier alpha value is -0.780. The second-order valence-corrected chi connectivity index (χ2v) is 5.03. The van der Waals surface area contributed by atoms with Crippen LogP contribution in [0, 0.1) is 0 Å². The molecule has 18 heavy (non-hydrogen) atoms. The minimum atomic E-state index is 0.426. The summed E-state index contributed by atoms with van der Waals surface area (Å²) in [6.45, 7) is 3.74. The van der Waals surface area contributed by atoms with Crippen molar-refractivity contribution < 1.29 is 19.5 Å². The van der Waals surface area contributed by atoms with E-state index in [1.54, 1.807) is 21.3 Å². The van der Waals surface area contributed by atoms with Crippen molar-refractivity contribution in [1.82, 2.24) is 0 Å². The summed E-state index contributed by atoms with van der Waals surface area (Å²) >= 11 is 3.55. The van der Waals surface area contributed by atoms with Gasteiger partial charge in [0.05, 0.1) is 20.8 Å². The molecule has 4 nitrogen and oxygen atoms in total. The molecule has 0 fully saturated rings. The smallest absolute Gasteiger partial charge is 0.161 e. The van der Waals surface area contributed by atoms with Crippen molar-refractivity contribution in [2.24, 2.45) is 0 Å². The van der Waals surface area contributed by atoms with Crippen LogP contribution in [-0.4, -0.2) is 34.0 Å². The van der Waals surface area contributed by atoms with Crippen molar-refractivity contribution in [2.75, 3.05) is 27.9 Å². The fraction of sp³-hybridized carbons (Fsp3) is 0.538. The Bertz CT molecular complexity index is 385. The lowest BCUT2D eigenvalue weighted by Crippen LogP contribution is -2.88. The van der Waals surface area contributed by atoms with Crippen molar-refractivity contribution in [3.63, 3.8) is 0 Å². The van der Waals surface area contributed by atoms with Crippen LogP contribution in [0.25, 0.3) is 0 Å². The van der Waals surface area contributed by atoms with Gasteiger partial charge in [-0.1, -0.05) is 15.9 Å². The van der Waals surface area contributed by atoms with Crippen molar-refractivity contribution >= 4 is 15.9 Å². The quantitative estimate of drug-likeness (QED) is 0.830. The average Bonchev–Trinajstić information content (AvgIpc) is 2.37. The van der Waals surface area contributed by atoms with Gasteiger partial charge in [-0.05, 0) is 19.1 Å². The van der Waals surface area contributed by atoms with Crippen molar-refractivity contribution in [2.45, 2.75) is 19.5 Å². The minimum absolute atomic E-state index is 0.426. The number of hydrogen-bond acceptors (Lipinski definition) is 3. The molecule has 1 rings (SSSR count). The Labute approximate surface area is 117 Å². The molecule has 0 heterocycles. The van der Waals surface area contributed by atoms with Gasteiger partial charge < -0.3 is 19.5 Å². The lowest BCUT2D eigenvalue weighted by Gasteiger charge is -2.13. The highest BCUT2D eigenvalue weighted by Gasteiger charge is 2.12. The number of methoxy groups -OCH3 is 3. The monoisotopic (exact) mass is 318 g/mol. The van der Waals surface area contributed by atoms with Crippen LogP contribution in [0.3, 0.4) is 0 Å². The van der Waals surface area contributed by atoms with Crippen LogP contribution in [0.15, 0.2) is 16.6 Å². The molecule has 0 aliphatic rings. The van der Waals surface area contributed by atoms with Crippen LogP contribution in [0.4, 0.5) is 0 Å². The summed E-state index contributed by atoms with van der Waals surface area (Å²) in [5, 5.41) is 2.23. The molecule has 0 bridgehead atoms. The first kappa shape index (κ1) is 15.3. The predicted molar refractivity (Wildman–Crippen MR) is 74.2 cm³/mol. The van der Waals surface area contributed by atoms with E-state index in [4.69, 9.17) is 14.2 Å². The lowest BCUT2D eigenvalue weighted by atomic mass is 10.2. The highest BCUT2D eigenvalue weighted by atomic mass is 79.9. The number of benzene rings is 1. The first-order valence-corrected chi connectivity index (χ1v) is 6.64. The van der Waals surface area contributed by atoms with Gasteiger partial charge in [-0.2, -0.15) is 0 Å².